The van der Waals surface area contributed by atoms with Gasteiger partial charge in [0.2, 0.25) is 0 Å². The van der Waals surface area contributed by atoms with Crippen LogP contribution in [0.4, 0.5) is 4.79 Å². The van der Waals surface area contributed by atoms with E-state index >= 15 is 0 Å². The molecule has 0 spiro atoms. The zero-order chi connectivity index (χ0) is 13.6. The molecule has 1 unspecified atom stereocenters. The summed E-state index contributed by atoms with van der Waals surface area (Å²) in [5.41, 5.74) is 0.858. The van der Waals surface area contributed by atoms with Crippen molar-refractivity contribution < 1.29 is 9.53 Å². The summed E-state index contributed by atoms with van der Waals surface area (Å²) in [4.78, 5) is 11.9. The van der Waals surface area contributed by atoms with Crippen LogP contribution in [0.5, 0.6) is 0 Å². The summed E-state index contributed by atoms with van der Waals surface area (Å²) in [7, 11) is 0. The summed E-state index contributed by atoms with van der Waals surface area (Å²) in [5, 5.41) is 6.36. The molecule has 1 aliphatic heterocycles. The third-order valence-electron chi connectivity index (χ3n) is 3.73. The predicted molar refractivity (Wildman–Crippen MR) is 74.9 cm³/mol. The van der Waals surface area contributed by atoms with Crippen molar-refractivity contribution in [2.24, 2.45) is 0 Å². The van der Waals surface area contributed by atoms with Gasteiger partial charge in [-0.05, 0) is 31.4 Å². The van der Waals surface area contributed by atoms with Gasteiger partial charge < -0.3 is 15.4 Å². The Labute approximate surface area is 114 Å². The first-order valence-electron chi connectivity index (χ1n) is 6.94. The Morgan fingerprint density at radius 1 is 1.42 bits per heavy atom. The van der Waals surface area contributed by atoms with E-state index in [1.165, 1.54) is 0 Å². The fraction of sp³-hybridized carbons (Fsp3) is 0.533. The number of hydrogen-bond acceptors (Lipinski definition) is 3. The molecule has 0 bridgehead atoms. The summed E-state index contributed by atoms with van der Waals surface area (Å²) >= 11 is 0. The minimum atomic E-state index is -0.325. The largest absolute Gasteiger partial charge is 0.445 e. The zero-order valence-corrected chi connectivity index (χ0v) is 11.4. The number of carbonyl (C=O) groups is 1. The molecule has 2 rings (SSSR count). The first-order valence-corrected chi connectivity index (χ1v) is 6.94. The number of rotatable bonds is 4. The molecular weight excluding hydrogens is 240 g/mol. The number of alkyl carbamates (subject to hydrolysis) is 1. The molecule has 1 aromatic carbocycles. The molecule has 19 heavy (non-hydrogen) atoms. The monoisotopic (exact) mass is 262 g/mol. The van der Waals surface area contributed by atoms with E-state index in [0.717, 1.165) is 37.9 Å². The molecule has 1 heterocycles. The van der Waals surface area contributed by atoms with Gasteiger partial charge in [0.1, 0.15) is 6.61 Å². The van der Waals surface area contributed by atoms with Crippen LogP contribution >= 0.6 is 0 Å². The summed E-state index contributed by atoms with van der Waals surface area (Å²) in [6.07, 6.45) is 2.69. The number of amides is 1. The topological polar surface area (TPSA) is 50.4 Å². The second-order valence-electron chi connectivity index (χ2n) is 5.10. The molecule has 0 aliphatic carbocycles. The van der Waals surface area contributed by atoms with E-state index in [1.54, 1.807) is 0 Å². The summed E-state index contributed by atoms with van der Waals surface area (Å²) in [5.74, 6) is 0. The van der Waals surface area contributed by atoms with Crippen LogP contribution in [-0.2, 0) is 11.3 Å². The van der Waals surface area contributed by atoms with Gasteiger partial charge >= 0.3 is 6.09 Å². The molecule has 1 amide bonds. The fourth-order valence-electron chi connectivity index (χ4n) is 2.44. The van der Waals surface area contributed by atoms with Gasteiger partial charge in [0.15, 0.2) is 0 Å². The maximum absolute atomic E-state index is 11.9. The zero-order valence-electron chi connectivity index (χ0n) is 11.4. The molecule has 4 nitrogen and oxygen atoms in total. The second kappa shape index (κ2) is 6.57. The van der Waals surface area contributed by atoms with E-state index < -0.39 is 0 Å². The highest BCUT2D eigenvalue weighted by Crippen LogP contribution is 2.20. The molecule has 0 radical (unpaired) electrons. The Morgan fingerprint density at radius 2 is 2.21 bits per heavy atom. The lowest BCUT2D eigenvalue weighted by atomic mass is 9.88. The van der Waals surface area contributed by atoms with Crippen LogP contribution in [0.2, 0.25) is 0 Å². The second-order valence-corrected chi connectivity index (χ2v) is 5.10. The van der Waals surface area contributed by atoms with E-state index in [9.17, 15) is 4.79 Å². The summed E-state index contributed by atoms with van der Waals surface area (Å²) in [6.45, 7) is 4.27. The van der Waals surface area contributed by atoms with Crippen molar-refractivity contribution in [3.05, 3.63) is 35.9 Å². The smallest absolute Gasteiger partial charge is 0.407 e. The van der Waals surface area contributed by atoms with Gasteiger partial charge in [0.05, 0.1) is 5.54 Å². The van der Waals surface area contributed by atoms with Crippen LogP contribution in [0.25, 0.3) is 0 Å². The van der Waals surface area contributed by atoms with Crippen LogP contribution in [0.15, 0.2) is 30.3 Å². The number of nitrogens with one attached hydrogen (secondary N) is 2. The van der Waals surface area contributed by atoms with Crippen LogP contribution < -0.4 is 10.6 Å². The Hall–Kier alpha value is -1.55. The predicted octanol–water partition coefficient (Wildman–Crippen LogP) is 2.45. The first kappa shape index (κ1) is 13.9. The van der Waals surface area contributed by atoms with E-state index in [4.69, 9.17) is 4.74 Å². The summed E-state index contributed by atoms with van der Waals surface area (Å²) in [6, 6.07) is 9.73. The number of carbonyl (C=O) groups excluding carboxylic acids is 1. The molecule has 4 heteroatoms. The molecule has 104 valence electrons. The molecule has 0 saturated carbocycles. The van der Waals surface area contributed by atoms with Crippen molar-refractivity contribution in [2.45, 2.75) is 38.3 Å². The molecular formula is C15H22N2O2. The Morgan fingerprint density at radius 3 is 2.84 bits per heavy atom. The molecule has 1 aromatic rings. The number of hydrogen-bond donors (Lipinski definition) is 2. The van der Waals surface area contributed by atoms with Crippen LogP contribution in [0.3, 0.4) is 0 Å². The summed E-state index contributed by atoms with van der Waals surface area (Å²) < 4.78 is 5.28. The Balaban J connectivity index is 1.83. The van der Waals surface area contributed by atoms with Crippen LogP contribution in [0, 0.1) is 0 Å². The third-order valence-corrected chi connectivity index (χ3v) is 3.73. The Kier molecular flexibility index (Phi) is 4.80. The lowest BCUT2D eigenvalue weighted by Gasteiger charge is -2.37. The average molecular weight is 262 g/mol. The highest BCUT2D eigenvalue weighted by atomic mass is 16.5. The van der Waals surface area contributed by atoms with Crippen molar-refractivity contribution in [3.63, 3.8) is 0 Å². The van der Waals surface area contributed by atoms with Crippen LogP contribution in [-0.4, -0.2) is 24.7 Å². The molecule has 1 aliphatic rings. The molecule has 1 fully saturated rings. The van der Waals surface area contributed by atoms with Gasteiger partial charge in [0.25, 0.3) is 0 Å². The minimum Gasteiger partial charge on any atom is -0.445 e. The first-order chi connectivity index (χ1) is 9.24. The standard InChI is InChI=1S/C15H22N2O2/c1-2-15(9-6-10-16-12-15)17-14(18)19-11-13-7-4-3-5-8-13/h3-5,7-8,16H,2,6,9-12H2,1H3,(H,17,18). The number of ether oxygens (including phenoxy) is 1. The number of piperidine rings is 1. The van der Waals surface area contributed by atoms with Crippen molar-refractivity contribution in [1.82, 2.24) is 10.6 Å². The van der Waals surface area contributed by atoms with Crippen LogP contribution in [0.1, 0.15) is 31.7 Å². The maximum atomic E-state index is 11.9. The molecule has 0 aromatic heterocycles. The third kappa shape index (κ3) is 3.96. The van der Waals surface area contributed by atoms with Crippen molar-refractivity contribution in [1.29, 1.82) is 0 Å². The minimum absolute atomic E-state index is 0.147. The highest BCUT2D eigenvalue weighted by Gasteiger charge is 2.32. The molecule has 2 N–H and O–H groups in total. The van der Waals surface area contributed by atoms with Crippen molar-refractivity contribution >= 4 is 6.09 Å². The fourth-order valence-corrected chi connectivity index (χ4v) is 2.44. The van der Waals surface area contributed by atoms with Gasteiger partial charge in [-0.2, -0.15) is 0 Å². The lowest BCUT2D eigenvalue weighted by molar-refractivity contribution is 0.119. The van der Waals surface area contributed by atoms with Gasteiger partial charge in [-0.25, -0.2) is 4.79 Å². The average Bonchev–Trinajstić information content (AvgIpc) is 2.47. The maximum Gasteiger partial charge on any atom is 0.407 e. The molecule has 1 saturated heterocycles. The van der Waals surface area contributed by atoms with E-state index in [0.29, 0.717) is 6.61 Å². The quantitative estimate of drug-likeness (QED) is 0.876. The lowest BCUT2D eigenvalue weighted by Crippen LogP contribution is -2.57. The molecule has 1 atom stereocenters. The Bertz CT molecular complexity index is 400. The normalized spacial score (nSPS) is 22.8. The van der Waals surface area contributed by atoms with Crippen molar-refractivity contribution in [2.75, 3.05) is 13.1 Å². The van der Waals surface area contributed by atoms with E-state index in [2.05, 4.69) is 17.6 Å². The van der Waals surface area contributed by atoms with Gasteiger partial charge in [-0.3, -0.25) is 0 Å². The SMILES string of the molecule is CCC1(NC(=O)OCc2ccccc2)CCCNC1. The van der Waals surface area contributed by atoms with Gasteiger partial charge in [-0.15, -0.1) is 0 Å². The highest BCUT2D eigenvalue weighted by molar-refractivity contribution is 5.68. The van der Waals surface area contributed by atoms with Gasteiger partial charge in [-0.1, -0.05) is 37.3 Å². The number of benzene rings is 1. The van der Waals surface area contributed by atoms with Gasteiger partial charge in [0, 0.05) is 6.54 Å². The van der Waals surface area contributed by atoms with E-state index in [-0.39, 0.29) is 11.6 Å². The van der Waals surface area contributed by atoms with E-state index in [1.807, 2.05) is 30.3 Å². The van der Waals surface area contributed by atoms with Crippen molar-refractivity contribution in [3.8, 4) is 0 Å².